The molecule has 5 heteroatoms. The van der Waals surface area contributed by atoms with Gasteiger partial charge in [0.15, 0.2) is 0 Å². The van der Waals surface area contributed by atoms with Crippen molar-refractivity contribution < 1.29 is 4.39 Å². The number of nitrogens with zero attached hydrogens (tertiary/aromatic N) is 2. The first-order valence-electron chi connectivity index (χ1n) is 5.44. The average molecular weight is 244 g/mol. The molecule has 1 N–H and O–H groups in total. The predicted molar refractivity (Wildman–Crippen MR) is 62.4 cm³/mol. The van der Waals surface area contributed by atoms with Crippen LogP contribution in [0.3, 0.4) is 0 Å². The van der Waals surface area contributed by atoms with E-state index < -0.39 is 6.67 Å². The summed E-state index contributed by atoms with van der Waals surface area (Å²) in [6.07, 6.45) is 1.62. The Morgan fingerprint density at radius 3 is 2.88 bits per heavy atom. The highest BCUT2D eigenvalue weighted by Gasteiger charge is 2.24. The molecular weight excluding hydrogens is 229 g/mol. The van der Waals surface area contributed by atoms with Crippen molar-refractivity contribution in [3.8, 4) is 0 Å². The van der Waals surface area contributed by atoms with Crippen molar-refractivity contribution in [2.75, 3.05) is 32.9 Å². The van der Waals surface area contributed by atoms with E-state index >= 15 is 0 Å². The van der Waals surface area contributed by atoms with Crippen molar-refractivity contribution in [3.05, 3.63) is 29.0 Å². The average Bonchev–Trinajstić information content (AvgIpc) is 2.34. The summed E-state index contributed by atoms with van der Waals surface area (Å²) in [7, 11) is 0. The van der Waals surface area contributed by atoms with E-state index in [0.29, 0.717) is 5.15 Å². The summed E-state index contributed by atoms with van der Waals surface area (Å²) in [5.74, 6) is 0. The van der Waals surface area contributed by atoms with Crippen molar-refractivity contribution in [2.24, 2.45) is 0 Å². The smallest absolute Gasteiger partial charge is 0.133 e. The zero-order chi connectivity index (χ0) is 11.4. The Hall–Kier alpha value is -0.710. The number of aromatic nitrogens is 1. The molecule has 1 aromatic heterocycles. The standard InChI is InChI=1S/C11H15ClFN3/c12-11-9(2-1-3-15-11)10(8-13)16-6-4-14-5-7-16/h1-3,10,14H,4-8H2/t10-/m0/s1. The molecule has 0 unspecified atom stereocenters. The van der Waals surface area contributed by atoms with E-state index in [9.17, 15) is 4.39 Å². The minimum absolute atomic E-state index is 0.261. The van der Waals surface area contributed by atoms with E-state index in [1.54, 1.807) is 12.3 Å². The molecule has 1 aromatic rings. The molecule has 1 aliphatic rings. The summed E-state index contributed by atoms with van der Waals surface area (Å²) in [6.45, 7) is 3.06. The molecule has 2 heterocycles. The maximum Gasteiger partial charge on any atom is 0.133 e. The Labute approximate surface area is 99.6 Å². The van der Waals surface area contributed by atoms with Crippen LogP contribution in [0.5, 0.6) is 0 Å². The summed E-state index contributed by atoms with van der Waals surface area (Å²) in [4.78, 5) is 6.11. The molecule has 0 saturated carbocycles. The molecule has 0 radical (unpaired) electrons. The van der Waals surface area contributed by atoms with E-state index in [0.717, 1.165) is 31.7 Å². The molecule has 0 aromatic carbocycles. The number of piperazine rings is 1. The van der Waals surface area contributed by atoms with Crippen LogP contribution in [0, 0.1) is 0 Å². The lowest BCUT2D eigenvalue weighted by atomic mass is 10.1. The number of pyridine rings is 1. The fraction of sp³-hybridized carbons (Fsp3) is 0.545. The van der Waals surface area contributed by atoms with Crippen LogP contribution in [-0.2, 0) is 0 Å². The van der Waals surface area contributed by atoms with E-state index in [2.05, 4.69) is 15.2 Å². The van der Waals surface area contributed by atoms with Gasteiger partial charge in [-0.1, -0.05) is 17.7 Å². The van der Waals surface area contributed by atoms with Crippen LogP contribution < -0.4 is 5.32 Å². The van der Waals surface area contributed by atoms with Crippen molar-refractivity contribution in [1.82, 2.24) is 15.2 Å². The summed E-state index contributed by atoms with van der Waals surface area (Å²) in [5.41, 5.74) is 0.786. The topological polar surface area (TPSA) is 28.2 Å². The highest BCUT2D eigenvalue weighted by Crippen LogP contribution is 2.26. The Kier molecular flexibility index (Phi) is 4.09. The number of alkyl halides is 1. The Balaban J connectivity index is 2.18. The molecule has 3 nitrogen and oxygen atoms in total. The lowest BCUT2D eigenvalue weighted by Crippen LogP contribution is -2.45. The molecule has 1 saturated heterocycles. The third-order valence-corrected chi connectivity index (χ3v) is 3.20. The molecule has 0 spiro atoms. The van der Waals surface area contributed by atoms with Crippen LogP contribution in [0.2, 0.25) is 5.15 Å². The van der Waals surface area contributed by atoms with E-state index in [4.69, 9.17) is 11.6 Å². The summed E-state index contributed by atoms with van der Waals surface area (Å²) in [5, 5.41) is 3.65. The van der Waals surface area contributed by atoms with Gasteiger partial charge in [0.05, 0.1) is 6.04 Å². The SMILES string of the molecule is FC[C@@H](c1cccnc1Cl)N1CCNCC1. The quantitative estimate of drug-likeness (QED) is 0.819. The maximum atomic E-state index is 13.2. The van der Waals surface area contributed by atoms with Crippen LogP contribution in [-0.4, -0.2) is 42.7 Å². The van der Waals surface area contributed by atoms with Crippen LogP contribution in [0.15, 0.2) is 18.3 Å². The molecule has 1 atom stereocenters. The van der Waals surface area contributed by atoms with Gasteiger partial charge in [-0.15, -0.1) is 0 Å². The highest BCUT2D eigenvalue weighted by atomic mass is 35.5. The third kappa shape index (κ3) is 2.51. The van der Waals surface area contributed by atoms with Crippen molar-refractivity contribution in [1.29, 1.82) is 0 Å². The lowest BCUT2D eigenvalue weighted by molar-refractivity contribution is 0.147. The minimum Gasteiger partial charge on any atom is -0.314 e. The predicted octanol–water partition coefficient (Wildman–Crippen LogP) is 1.65. The molecule has 88 valence electrons. The fourth-order valence-corrected chi connectivity index (χ4v) is 2.26. The van der Waals surface area contributed by atoms with Gasteiger partial charge in [0.25, 0.3) is 0 Å². The van der Waals surface area contributed by atoms with Crippen LogP contribution in [0.4, 0.5) is 4.39 Å². The number of nitrogens with one attached hydrogen (secondary N) is 1. The zero-order valence-corrected chi connectivity index (χ0v) is 9.75. The Morgan fingerprint density at radius 2 is 2.25 bits per heavy atom. The Morgan fingerprint density at radius 1 is 1.50 bits per heavy atom. The second-order valence-corrected chi connectivity index (χ2v) is 4.20. The second kappa shape index (κ2) is 5.57. The molecule has 0 aliphatic carbocycles. The maximum absolute atomic E-state index is 13.2. The largest absolute Gasteiger partial charge is 0.314 e. The lowest BCUT2D eigenvalue weighted by Gasteiger charge is -2.33. The van der Waals surface area contributed by atoms with Crippen molar-refractivity contribution in [3.63, 3.8) is 0 Å². The summed E-state index contributed by atoms with van der Waals surface area (Å²) < 4.78 is 13.2. The van der Waals surface area contributed by atoms with Crippen LogP contribution in [0.1, 0.15) is 11.6 Å². The number of halogens is 2. The first-order chi connectivity index (χ1) is 7.83. The van der Waals surface area contributed by atoms with E-state index in [-0.39, 0.29) is 6.04 Å². The van der Waals surface area contributed by atoms with Gasteiger partial charge in [-0.3, -0.25) is 4.90 Å². The number of rotatable bonds is 3. The van der Waals surface area contributed by atoms with Gasteiger partial charge in [-0.2, -0.15) is 0 Å². The number of hydrogen-bond donors (Lipinski definition) is 1. The van der Waals surface area contributed by atoms with Crippen LogP contribution >= 0.6 is 11.6 Å². The van der Waals surface area contributed by atoms with E-state index in [1.807, 2.05) is 6.07 Å². The van der Waals surface area contributed by atoms with Gasteiger partial charge in [0.2, 0.25) is 0 Å². The van der Waals surface area contributed by atoms with Crippen LogP contribution in [0.25, 0.3) is 0 Å². The van der Waals surface area contributed by atoms with Crippen molar-refractivity contribution in [2.45, 2.75) is 6.04 Å². The first kappa shape index (κ1) is 11.8. The minimum atomic E-state index is -0.425. The molecule has 2 rings (SSSR count). The molecule has 16 heavy (non-hydrogen) atoms. The van der Waals surface area contributed by atoms with Gasteiger partial charge in [0.1, 0.15) is 11.8 Å². The normalized spacial score (nSPS) is 19.6. The van der Waals surface area contributed by atoms with Gasteiger partial charge in [0, 0.05) is 37.9 Å². The monoisotopic (exact) mass is 243 g/mol. The molecule has 1 fully saturated rings. The first-order valence-corrected chi connectivity index (χ1v) is 5.82. The summed E-state index contributed by atoms with van der Waals surface area (Å²) in [6, 6.07) is 3.39. The number of hydrogen-bond acceptors (Lipinski definition) is 3. The van der Waals surface area contributed by atoms with Gasteiger partial charge in [-0.05, 0) is 6.07 Å². The van der Waals surface area contributed by atoms with Crippen molar-refractivity contribution >= 4 is 11.6 Å². The van der Waals surface area contributed by atoms with Gasteiger partial charge in [-0.25, -0.2) is 9.37 Å². The Bertz CT molecular complexity index is 342. The molecule has 0 bridgehead atoms. The molecule has 1 aliphatic heterocycles. The molecular formula is C11H15ClFN3. The second-order valence-electron chi connectivity index (χ2n) is 3.84. The van der Waals surface area contributed by atoms with Gasteiger partial charge < -0.3 is 5.32 Å². The van der Waals surface area contributed by atoms with Gasteiger partial charge >= 0.3 is 0 Å². The fourth-order valence-electron chi connectivity index (χ4n) is 2.02. The summed E-state index contributed by atoms with van der Waals surface area (Å²) >= 11 is 6.00. The highest BCUT2D eigenvalue weighted by molar-refractivity contribution is 6.30. The molecule has 0 amide bonds. The van der Waals surface area contributed by atoms with E-state index in [1.165, 1.54) is 0 Å². The third-order valence-electron chi connectivity index (χ3n) is 2.89. The zero-order valence-electron chi connectivity index (χ0n) is 9.00.